The zero-order chi connectivity index (χ0) is 12.0. The molecular formula is C10H12Br2O3S. The number of ketones is 1. The molecule has 0 unspecified atom stereocenters. The highest BCUT2D eigenvalue weighted by molar-refractivity contribution is 9.12. The maximum atomic E-state index is 11.7. The third-order valence-electron chi connectivity index (χ3n) is 1.77. The van der Waals surface area contributed by atoms with Crippen LogP contribution in [0, 0.1) is 0 Å². The average Bonchev–Trinajstić information content (AvgIpc) is 2.57. The Hall–Kier alpha value is 0.250. The Morgan fingerprint density at radius 1 is 1.38 bits per heavy atom. The molecule has 0 aliphatic heterocycles. The lowest BCUT2D eigenvalue weighted by Gasteiger charge is -2.03. The Labute approximate surface area is 115 Å². The van der Waals surface area contributed by atoms with Crippen molar-refractivity contribution in [2.24, 2.45) is 0 Å². The minimum absolute atomic E-state index is 0.0228. The van der Waals surface area contributed by atoms with Gasteiger partial charge in [-0.2, -0.15) is 0 Å². The topological polar surface area (TPSA) is 35.5 Å². The summed E-state index contributed by atoms with van der Waals surface area (Å²) in [5.41, 5.74) is 0.660. The van der Waals surface area contributed by atoms with Crippen LogP contribution in [-0.4, -0.2) is 32.2 Å². The normalized spacial score (nSPS) is 10.7. The smallest absolute Gasteiger partial charge is 0.190 e. The van der Waals surface area contributed by atoms with Crippen molar-refractivity contribution < 1.29 is 14.3 Å². The molecule has 0 aromatic carbocycles. The van der Waals surface area contributed by atoms with E-state index in [4.69, 9.17) is 9.47 Å². The van der Waals surface area contributed by atoms with Crippen molar-refractivity contribution in [1.82, 2.24) is 0 Å². The third kappa shape index (κ3) is 4.63. The molecule has 0 atom stereocenters. The number of ether oxygens (including phenoxy) is 2. The van der Waals surface area contributed by atoms with Gasteiger partial charge in [0.1, 0.15) is 6.61 Å². The second-order valence-electron chi connectivity index (χ2n) is 2.91. The molecule has 3 nitrogen and oxygen atoms in total. The lowest BCUT2D eigenvalue weighted by atomic mass is 10.2. The van der Waals surface area contributed by atoms with Gasteiger partial charge in [-0.15, -0.1) is 11.3 Å². The minimum Gasteiger partial charge on any atom is -0.379 e. The SMILES string of the molecule is CCOCCOCC(=O)c1cc(Br)sc1Br. The van der Waals surface area contributed by atoms with Crippen LogP contribution in [0.2, 0.25) is 0 Å². The van der Waals surface area contributed by atoms with Gasteiger partial charge >= 0.3 is 0 Å². The average molecular weight is 372 g/mol. The standard InChI is InChI=1S/C10H12Br2O3S/c1-2-14-3-4-15-6-8(13)7-5-9(11)16-10(7)12/h5H,2-4,6H2,1H3. The molecule has 6 heteroatoms. The van der Waals surface area contributed by atoms with Crippen LogP contribution in [0.25, 0.3) is 0 Å². The summed E-state index contributed by atoms with van der Waals surface area (Å²) in [6.45, 7) is 3.65. The molecule has 0 radical (unpaired) electrons. The van der Waals surface area contributed by atoms with E-state index < -0.39 is 0 Å². The van der Waals surface area contributed by atoms with E-state index in [0.29, 0.717) is 25.4 Å². The molecule has 0 saturated heterocycles. The summed E-state index contributed by atoms with van der Waals surface area (Å²) in [6.07, 6.45) is 0. The molecule has 0 fully saturated rings. The molecule has 0 aliphatic rings. The lowest BCUT2D eigenvalue weighted by molar-refractivity contribution is 0.0475. The summed E-state index contributed by atoms with van der Waals surface area (Å²) >= 11 is 8.15. The molecular weight excluding hydrogens is 360 g/mol. The molecule has 0 spiro atoms. The van der Waals surface area contributed by atoms with Gasteiger partial charge < -0.3 is 9.47 Å². The van der Waals surface area contributed by atoms with E-state index in [1.165, 1.54) is 11.3 Å². The first-order valence-corrected chi connectivity index (χ1v) is 7.19. The monoisotopic (exact) mass is 370 g/mol. The number of carbonyl (C=O) groups excluding carboxylic acids is 1. The first-order valence-electron chi connectivity index (χ1n) is 4.78. The van der Waals surface area contributed by atoms with Crippen molar-refractivity contribution in [2.75, 3.05) is 26.4 Å². The van der Waals surface area contributed by atoms with Crippen LogP contribution in [-0.2, 0) is 9.47 Å². The fourth-order valence-electron chi connectivity index (χ4n) is 1.04. The Kier molecular flexibility index (Phi) is 6.75. The predicted molar refractivity (Wildman–Crippen MR) is 71.4 cm³/mol. The quantitative estimate of drug-likeness (QED) is 0.543. The zero-order valence-corrected chi connectivity index (χ0v) is 12.8. The third-order valence-corrected chi connectivity index (χ3v) is 4.11. The van der Waals surface area contributed by atoms with Gasteiger partial charge in [-0.3, -0.25) is 4.79 Å². The minimum atomic E-state index is -0.0228. The summed E-state index contributed by atoms with van der Waals surface area (Å²) in [7, 11) is 0. The van der Waals surface area contributed by atoms with E-state index in [1.807, 2.05) is 6.92 Å². The number of carbonyl (C=O) groups is 1. The van der Waals surface area contributed by atoms with Crippen molar-refractivity contribution in [2.45, 2.75) is 6.92 Å². The summed E-state index contributed by atoms with van der Waals surface area (Å²) in [5.74, 6) is -0.0228. The fraction of sp³-hybridized carbons (Fsp3) is 0.500. The van der Waals surface area contributed by atoms with E-state index in [9.17, 15) is 4.79 Å². The molecule has 0 aliphatic carbocycles. The van der Waals surface area contributed by atoms with Crippen LogP contribution in [0.15, 0.2) is 13.6 Å². The maximum Gasteiger partial charge on any atom is 0.190 e. The summed E-state index contributed by atoms with van der Waals surface area (Å²) in [6, 6.07) is 1.79. The number of rotatable bonds is 7. The zero-order valence-electron chi connectivity index (χ0n) is 8.79. The molecule has 16 heavy (non-hydrogen) atoms. The van der Waals surface area contributed by atoms with E-state index in [0.717, 1.165) is 7.57 Å². The maximum absolute atomic E-state index is 11.7. The Morgan fingerprint density at radius 3 is 2.62 bits per heavy atom. The van der Waals surface area contributed by atoms with E-state index in [1.54, 1.807) is 6.07 Å². The first-order chi connectivity index (χ1) is 7.65. The Morgan fingerprint density at radius 2 is 2.06 bits per heavy atom. The van der Waals surface area contributed by atoms with Gasteiger partial charge in [0.05, 0.1) is 20.8 Å². The van der Waals surface area contributed by atoms with E-state index in [2.05, 4.69) is 31.9 Å². The summed E-state index contributed by atoms with van der Waals surface area (Å²) < 4.78 is 12.1. The van der Waals surface area contributed by atoms with Gasteiger partial charge in [-0.25, -0.2) is 0 Å². The molecule has 1 aromatic rings. The van der Waals surface area contributed by atoms with E-state index in [-0.39, 0.29) is 12.4 Å². The van der Waals surface area contributed by atoms with Crippen LogP contribution in [0.4, 0.5) is 0 Å². The summed E-state index contributed by atoms with van der Waals surface area (Å²) in [5, 5.41) is 0. The van der Waals surface area contributed by atoms with Crippen molar-refractivity contribution in [3.63, 3.8) is 0 Å². The molecule has 0 bridgehead atoms. The fourth-order valence-corrected chi connectivity index (χ4v) is 3.89. The van der Waals surface area contributed by atoms with Gasteiger partial charge in [-0.1, -0.05) is 0 Å². The van der Waals surface area contributed by atoms with Crippen LogP contribution in [0.1, 0.15) is 17.3 Å². The first kappa shape index (κ1) is 14.3. The van der Waals surface area contributed by atoms with Crippen molar-refractivity contribution in [1.29, 1.82) is 0 Å². The second kappa shape index (κ2) is 7.55. The number of Topliss-reactive ketones (excluding diaryl/α,β-unsaturated/α-hetero) is 1. The van der Waals surface area contributed by atoms with E-state index >= 15 is 0 Å². The van der Waals surface area contributed by atoms with Crippen molar-refractivity contribution in [3.05, 3.63) is 19.2 Å². The van der Waals surface area contributed by atoms with Gasteiger partial charge in [-0.05, 0) is 44.8 Å². The lowest BCUT2D eigenvalue weighted by Crippen LogP contribution is -2.12. The largest absolute Gasteiger partial charge is 0.379 e. The highest BCUT2D eigenvalue weighted by atomic mass is 79.9. The van der Waals surface area contributed by atoms with Crippen LogP contribution in [0.5, 0.6) is 0 Å². The second-order valence-corrected chi connectivity index (χ2v) is 6.66. The highest BCUT2D eigenvalue weighted by Crippen LogP contribution is 2.32. The Bertz CT molecular complexity index is 352. The highest BCUT2D eigenvalue weighted by Gasteiger charge is 2.13. The van der Waals surface area contributed by atoms with Gasteiger partial charge in [0.2, 0.25) is 0 Å². The number of hydrogen-bond donors (Lipinski definition) is 0. The molecule has 1 rings (SSSR count). The van der Waals surface area contributed by atoms with Crippen LogP contribution >= 0.6 is 43.2 Å². The number of hydrogen-bond acceptors (Lipinski definition) is 4. The molecule has 0 amide bonds. The van der Waals surface area contributed by atoms with Gasteiger partial charge in [0, 0.05) is 12.2 Å². The molecule has 0 saturated carbocycles. The van der Waals surface area contributed by atoms with Crippen molar-refractivity contribution >= 4 is 49.0 Å². The summed E-state index contributed by atoms with van der Waals surface area (Å²) in [4.78, 5) is 11.7. The van der Waals surface area contributed by atoms with Gasteiger partial charge in [0.25, 0.3) is 0 Å². The van der Waals surface area contributed by atoms with Crippen LogP contribution < -0.4 is 0 Å². The number of thiophene rings is 1. The van der Waals surface area contributed by atoms with Gasteiger partial charge in [0.15, 0.2) is 5.78 Å². The molecule has 1 aromatic heterocycles. The number of halogens is 2. The van der Waals surface area contributed by atoms with Crippen LogP contribution in [0.3, 0.4) is 0 Å². The van der Waals surface area contributed by atoms with Crippen molar-refractivity contribution in [3.8, 4) is 0 Å². The Balaban J connectivity index is 2.33. The predicted octanol–water partition coefficient (Wildman–Crippen LogP) is 3.51. The molecule has 1 heterocycles. The molecule has 0 N–H and O–H groups in total. The molecule has 90 valence electrons.